The van der Waals surface area contributed by atoms with Gasteiger partial charge in [0.1, 0.15) is 23.1 Å². The molecule has 0 aliphatic carbocycles. The maximum Gasteiger partial charge on any atom is 0.269 e. The molecule has 2 aromatic heterocycles. The lowest BCUT2D eigenvalue weighted by molar-refractivity contribution is 0.502. The Labute approximate surface area is 220 Å². The minimum atomic E-state index is -1.15. The number of nitrogens with zero attached hydrogens (tertiary/aromatic N) is 5. The van der Waals surface area contributed by atoms with E-state index >= 15 is 4.39 Å². The van der Waals surface area contributed by atoms with E-state index in [9.17, 15) is 23.2 Å². The topological polar surface area (TPSA) is 98.9 Å². The molecule has 0 unspecified atom stereocenters. The Morgan fingerprint density at radius 2 is 1.79 bits per heavy atom. The number of piperazine rings is 1. The van der Waals surface area contributed by atoms with Gasteiger partial charge in [-0.1, -0.05) is 0 Å². The molecule has 200 valence electrons. The van der Waals surface area contributed by atoms with E-state index < -0.39 is 34.9 Å². The van der Waals surface area contributed by atoms with Gasteiger partial charge < -0.3 is 20.1 Å². The number of benzene rings is 2. The van der Waals surface area contributed by atoms with Crippen molar-refractivity contribution in [2.45, 2.75) is 19.9 Å². The lowest BCUT2D eigenvalue weighted by atomic mass is 10.0. The molecule has 0 bridgehead atoms. The summed E-state index contributed by atoms with van der Waals surface area (Å²) >= 11 is 0. The van der Waals surface area contributed by atoms with Crippen LogP contribution in [0.2, 0.25) is 0 Å². The molecule has 1 aliphatic rings. The molecule has 4 aromatic rings. The maximum atomic E-state index is 15.2. The van der Waals surface area contributed by atoms with Crippen molar-refractivity contribution in [3.05, 3.63) is 75.7 Å². The Balaban J connectivity index is 1.55. The summed E-state index contributed by atoms with van der Waals surface area (Å²) in [6.45, 7) is 5.74. The number of aromatic nitrogens is 3. The van der Waals surface area contributed by atoms with Crippen molar-refractivity contribution in [1.29, 1.82) is 5.26 Å². The van der Waals surface area contributed by atoms with Gasteiger partial charge in [-0.05, 0) is 44.2 Å². The van der Waals surface area contributed by atoms with Gasteiger partial charge in [0.15, 0.2) is 17.5 Å². The highest BCUT2D eigenvalue weighted by Gasteiger charge is 2.22. The third kappa shape index (κ3) is 4.77. The van der Waals surface area contributed by atoms with E-state index in [1.807, 2.05) is 0 Å². The standard InChI is InChI=1S/C27H23F4N7O/c1-14(2)38-22-11-15(10-18(28)17(22)9-16(12-32)26(38)39)25-19(29)13-34-27(36-25)35-20-3-4-21(24(31)23(20)30)37-7-5-33-6-8-37/h3-4,9-11,13-14,33H,5-8H2,1-2H3,(H,34,35,36). The zero-order valence-electron chi connectivity index (χ0n) is 21.0. The average Bonchev–Trinajstić information content (AvgIpc) is 2.92. The van der Waals surface area contributed by atoms with Crippen molar-refractivity contribution in [1.82, 2.24) is 19.9 Å². The predicted octanol–water partition coefficient (Wildman–Crippen LogP) is 4.62. The van der Waals surface area contributed by atoms with Crippen molar-refractivity contribution >= 4 is 28.2 Å². The minimum Gasteiger partial charge on any atom is -0.367 e. The van der Waals surface area contributed by atoms with Gasteiger partial charge in [-0.3, -0.25) is 4.79 Å². The van der Waals surface area contributed by atoms with Gasteiger partial charge in [0, 0.05) is 43.2 Å². The van der Waals surface area contributed by atoms with Crippen LogP contribution < -0.4 is 21.1 Å². The second-order valence-electron chi connectivity index (χ2n) is 9.34. The molecule has 1 fully saturated rings. The summed E-state index contributed by atoms with van der Waals surface area (Å²) in [4.78, 5) is 22.4. The summed E-state index contributed by atoms with van der Waals surface area (Å²) < 4.78 is 61.1. The molecule has 0 amide bonds. The van der Waals surface area contributed by atoms with Gasteiger partial charge in [0.05, 0.1) is 23.1 Å². The van der Waals surface area contributed by atoms with Crippen LogP contribution in [-0.2, 0) is 0 Å². The Morgan fingerprint density at radius 3 is 2.49 bits per heavy atom. The number of rotatable bonds is 5. The van der Waals surface area contributed by atoms with Crippen molar-refractivity contribution in [3.63, 3.8) is 0 Å². The smallest absolute Gasteiger partial charge is 0.269 e. The Kier molecular flexibility index (Phi) is 6.93. The number of halogens is 4. The van der Waals surface area contributed by atoms with Crippen molar-refractivity contribution in [3.8, 4) is 17.3 Å². The maximum absolute atomic E-state index is 15.2. The summed E-state index contributed by atoms with van der Waals surface area (Å²) in [5.41, 5.74) is -1.15. The fourth-order valence-electron chi connectivity index (χ4n) is 4.66. The van der Waals surface area contributed by atoms with Gasteiger partial charge >= 0.3 is 0 Å². The van der Waals surface area contributed by atoms with Gasteiger partial charge in [-0.25, -0.2) is 27.5 Å². The third-order valence-corrected chi connectivity index (χ3v) is 6.53. The highest BCUT2D eigenvalue weighted by atomic mass is 19.2. The molecule has 2 N–H and O–H groups in total. The molecule has 0 atom stereocenters. The van der Waals surface area contributed by atoms with E-state index in [0.717, 1.165) is 18.3 Å². The molecule has 8 nitrogen and oxygen atoms in total. The van der Waals surface area contributed by atoms with Crippen LogP contribution in [0.4, 0.5) is 34.9 Å². The number of hydrogen-bond acceptors (Lipinski definition) is 7. The molecular weight excluding hydrogens is 514 g/mol. The monoisotopic (exact) mass is 537 g/mol. The van der Waals surface area contributed by atoms with Gasteiger partial charge in [-0.15, -0.1) is 0 Å². The first-order valence-electron chi connectivity index (χ1n) is 12.2. The molecule has 3 heterocycles. The van der Waals surface area contributed by atoms with Gasteiger partial charge in [0.2, 0.25) is 5.95 Å². The van der Waals surface area contributed by atoms with E-state index in [1.165, 1.54) is 22.8 Å². The second kappa shape index (κ2) is 10.3. The summed E-state index contributed by atoms with van der Waals surface area (Å²) in [5.74, 6) is -4.12. The zero-order valence-corrected chi connectivity index (χ0v) is 21.0. The predicted molar refractivity (Wildman–Crippen MR) is 139 cm³/mol. The zero-order chi connectivity index (χ0) is 27.8. The fourth-order valence-corrected chi connectivity index (χ4v) is 4.66. The van der Waals surface area contributed by atoms with E-state index in [4.69, 9.17) is 0 Å². The van der Waals surface area contributed by atoms with E-state index in [-0.39, 0.29) is 45.0 Å². The van der Waals surface area contributed by atoms with Crippen molar-refractivity contribution in [2.24, 2.45) is 0 Å². The second-order valence-corrected chi connectivity index (χ2v) is 9.34. The summed E-state index contributed by atoms with van der Waals surface area (Å²) in [6, 6.07) is 7.69. The van der Waals surface area contributed by atoms with Crippen LogP contribution in [-0.4, -0.2) is 40.7 Å². The molecule has 1 saturated heterocycles. The Morgan fingerprint density at radius 1 is 1.05 bits per heavy atom. The van der Waals surface area contributed by atoms with Crippen LogP contribution in [0, 0.1) is 34.6 Å². The van der Waals surface area contributed by atoms with Crippen LogP contribution in [0.15, 0.2) is 41.3 Å². The number of nitrogens with one attached hydrogen (secondary N) is 2. The Hall–Kier alpha value is -4.50. The molecule has 2 aromatic carbocycles. The van der Waals surface area contributed by atoms with Gasteiger partial charge in [0.25, 0.3) is 5.56 Å². The lowest BCUT2D eigenvalue weighted by Crippen LogP contribution is -2.44. The highest BCUT2D eigenvalue weighted by molar-refractivity contribution is 5.86. The summed E-state index contributed by atoms with van der Waals surface area (Å²) in [5, 5.41) is 15.0. The van der Waals surface area contributed by atoms with E-state index in [2.05, 4.69) is 20.6 Å². The van der Waals surface area contributed by atoms with Gasteiger partial charge in [-0.2, -0.15) is 5.26 Å². The van der Waals surface area contributed by atoms with Crippen LogP contribution in [0.3, 0.4) is 0 Å². The van der Waals surface area contributed by atoms with E-state index in [0.29, 0.717) is 26.2 Å². The normalized spacial score (nSPS) is 13.6. The average molecular weight is 538 g/mol. The first-order valence-corrected chi connectivity index (χ1v) is 12.2. The number of hydrogen-bond donors (Lipinski definition) is 2. The molecule has 1 aliphatic heterocycles. The summed E-state index contributed by atoms with van der Waals surface area (Å²) in [7, 11) is 0. The minimum absolute atomic E-state index is 0.0119. The number of nitriles is 1. The molecule has 0 radical (unpaired) electrons. The first kappa shape index (κ1) is 26.1. The summed E-state index contributed by atoms with van der Waals surface area (Å²) in [6.07, 6.45) is 0.824. The van der Waals surface area contributed by atoms with Crippen LogP contribution >= 0.6 is 0 Å². The number of fused-ring (bicyclic) bond motifs is 1. The largest absolute Gasteiger partial charge is 0.367 e. The number of pyridine rings is 1. The highest BCUT2D eigenvalue weighted by Crippen LogP contribution is 2.31. The van der Waals surface area contributed by atoms with Crippen molar-refractivity contribution < 1.29 is 17.6 Å². The molecule has 12 heteroatoms. The lowest BCUT2D eigenvalue weighted by Gasteiger charge is -2.30. The van der Waals surface area contributed by atoms with Crippen molar-refractivity contribution in [2.75, 3.05) is 36.4 Å². The molecule has 0 spiro atoms. The molecule has 39 heavy (non-hydrogen) atoms. The van der Waals surface area contributed by atoms with Crippen LogP contribution in [0.25, 0.3) is 22.2 Å². The first-order chi connectivity index (χ1) is 18.7. The van der Waals surface area contributed by atoms with E-state index in [1.54, 1.807) is 24.8 Å². The Bertz CT molecular complexity index is 1690. The fraction of sp³-hybridized carbons (Fsp3) is 0.259. The van der Waals surface area contributed by atoms with Crippen LogP contribution in [0.5, 0.6) is 0 Å². The SMILES string of the molecule is CC(C)n1c(=O)c(C#N)cc2c(F)cc(-c3nc(Nc4ccc(N5CCNCC5)c(F)c4F)ncc3F)cc21. The third-order valence-electron chi connectivity index (χ3n) is 6.53. The molecular formula is C27H23F4N7O. The molecule has 0 saturated carbocycles. The number of anilines is 3. The van der Waals surface area contributed by atoms with Crippen LogP contribution in [0.1, 0.15) is 25.5 Å². The quantitative estimate of drug-likeness (QED) is 0.359. The molecule has 5 rings (SSSR count).